The number of nitrogens with one attached hydrogen (secondary N) is 2. The van der Waals surface area contributed by atoms with Gasteiger partial charge < -0.3 is 20.9 Å². The molecule has 0 saturated heterocycles. The molecule has 8 heteroatoms. The smallest absolute Gasteiger partial charge is 0.256 e. The molecule has 0 radical (unpaired) electrons. The molecule has 5 rings (SSSR count). The van der Waals surface area contributed by atoms with Gasteiger partial charge in [0.1, 0.15) is 0 Å². The van der Waals surface area contributed by atoms with E-state index >= 15 is 0 Å². The summed E-state index contributed by atoms with van der Waals surface area (Å²) in [7, 11) is 0. The van der Waals surface area contributed by atoms with Gasteiger partial charge in [0.15, 0.2) is 11.2 Å². The van der Waals surface area contributed by atoms with Gasteiger partial charge in [-0.3, -0.25) is 9.78 Å². The number of anilines is 2. The van der Waals surface area contributed by atoms with Gasteiger partial charge in [-0.2, -0.15) is 0 Å². The monoisotopic (exact) mass is 429 g/mol. The molecule has 2 aliphatic rings. The standard InChI is InChI=1S/C24H23N5O3/c1-4-10-26-22-28-19-18(20(30)29-22)16(5-2)24(14-6-8-15(25)9-7-14)23(19,31)17-11-13(3)12-27-21(17)32-24/h1,6-9,11-12,16,31H,5,10,25H2,2-3H3,(H2,26,28,29,30)/t16-,23+,24+/m1/s1. The Kier molecular flexibility index (Phi) is 4.29. The Morgan fingerprint density at radius 3 is 2.81 bits per heavy atom. The molecule has 3 atom stereocenters. The van der Waals surface area contributed by atoms with Crippen molar-refractivity contribution in [3.05, 3.63) is 74.8 Å². The lowest BCUT2D eigenvalue weighted by Crippen LogP contribution is -2.49. The number of rotatable bonds is 4. The van der Waals surface area contributed by atoms with Gasteiger partial charge >= 0.3 is 0 Å². The Morgan fingerprint density at radius 1 is 1.38 bits per heavy atom. The van der Waals surface area contributed by atoms with Gasteiger partial charge in [0.05, 0.1) is 23.4 Å². The molecule has 1 aliphatic carbocycles. The average molecular weight is 429 g/mol. The summed E-state index contributed by atoms with van der Waals surface area (Å²) in [6.07, 6.45) is 7.56. The van der Waals surface area contributed by atoms with Crippen molar-refractivity contribution in [3.63, 3.8) is 0 Å². The molecular weight excluding hydrogens is 406 g/mol. The van der Waals surface area contributed by atoms with Crippen molar-refractivity contribution in [2.45, 2.75) is 37.4 Å². The molecule has 2 aromatic heterocycles. The number of aromatic amines is 1. The third-order valence-electron chi connectivity index (χ3n) is 6.42. The Hall–Kier alpha value is -3.83. The molecule has 1 aliphatic heterocycles. The van der Waals surface area contributed by atoms with E-state index in [0.717, 1.165) is 5.56 Å². The van der Waals surface area contributed by atoms with Crippen LogP contribution in [-0.2, 0) is 11.2 Å². The first kappa shape index (κ1) is 20.1. The highest BCUT2D eigenvalue weighted by molar-refractivity contribution is 5.61. The van der Waals surface area contributed by atoms with Crippen molar-refractivity contribution in [2.24, 2.45) is 0 Å². The van der Waals surface area contributed by atoms with E-state index in [1.807, 2.05) is 32.0 Å². The molecule has 0 fully saturated rings. The van der Waals surface area contributed by atoms with Crippen LogP contribution in [0.2, 0.25) is 0 Å². The zero-order chi connectivity index (χ0) is 22.7. The maximum atomic E-state index is 13.3. The quantitative estimate of drug-likeness (QED) is 0.370. The van der Waals surface area contributed by atoms with E-state index in [4.69, 9.17) is 16.9 Å². The van der Waals surface area contributed by atoms with Crippen molar-refractivity contribution in [2.75, 3.05) is 17.6 Å². The lowest BCUT2D eigenvalue weighted by atomic mass is 9.71. The van der Waals surface area contributed by atoms with E-state index in [-0.39, 0.29) is 23.7 Å². The summed E-state index contributed by atoms with van der Waals surface area (Å²) in [6, 6.07) is 8.98. The van der Waals surface area contributed by atoms with E-state index in [1.54, 1.807) is 18.3 Å². The lowest BCUT2D eigenvalue weighted by molar-refractivity contribution is -0.0982. The highest BCUT2D eigenvalue weighted by atomic mass is 16.5. The predicted octanol–water partition coefficient (Wildman–Crippen LogP) is 2.13. The van der Waals surface area contributed by atoms with Crippen molar-refractivity contribution in [1.29, 1.82) is 0 Å². The number of nitrogen functional groups attached to an aromatic ring is 1. The Balaban J connectivity index is 1.87. The Labute approximate surface area is 184 Å². The minimum absolute atomic E-state index is 0.175. The van der Waals surface area contributed by atoms with Crippen LogP contribution in [0.4, 0.5) is 11.6 Å². The first-order valence-corrected chi connectivity index (χ1v) is 10.4. The minimum Gasteiger partial charge on any atom is -0.461 e. The predicted molar refractivity (Wildman–Crippen MR) is 120 cm³/mol. The number of fused-ring (bicyclic) bond motifs is 5. The van der Waals surface area contributed by atoms with E-state index in [2.05, 4.69) is 26.2 Å². The SMILES string of the molecule is C#CCNc1nc2c(c(=O)[nH]1)[C@@H](CC)[C@]1(c3ccc(N)cc3)Oc3ncc(C)cc3[C@]21O. The molecular formula is C24H23N5O3. The number of nitrogens with zero attached hydrogens (tertiary/aromatic N) is 2. The van der Waals surface area contributed by atoms with E-state index < -0.39 is 17.1 Å². The van der Waals surface area contributed by atoms with Crippen molar-refractivity contribution >= 4 is 11.6 Å². The van der Waals surface area contributed by atoms with Crippen molar-refractivity contribution < 1.29 is 9.84 Å². The van der Waals surface area contributed by atoms with Crippen LogP contribution in [0.25, 0.3) is 0 Å². The van der Waals surface area contributed by atoms with Crippen LogP contribution in [-0.4, -0.2) is 26.6 Å². The summed E-state index contributed by atoms with van der Waals surface area (Å²) in [4.78, 5) is 25.1. The summed E-state index contributed by atoms with van der Waals surface area (Å²) in [5.41, 5.74) is 5.76. The number of aryl methyl sites for hydroxylation is 1. The molecule has 32 heavy (non-hydrogen) atoms. The number of nitrogens with two attached hydrogens (primary N) is 1. The van der Waals surface area contributed by atoms with Gasteiger partial charge in [-0.25, -0.2) is 9.97 Å². The number of benzene rings is 1. The average Bonchev–Trinajstić information content (AvgIpc) is 3.16. The third kappa shape index (κ3) is 2.40. The molecule has 5 N–H and O–H groups in total. The number of hydrogen-bond acceptors (Lipinski definition) is 7. The third-order valence-corrected chi connectivity index (χ3v) is 6.42. The largest absolute Gasteiger partial charge is 0.461 e. The normalized spacial score (nSPS) is 24.8. The van der Waals surface area contributed by atoms with Crippen LogP contribution < -0.4 is 21.3 Å². The topological polar surface area (TPSA) is 126 Å². The van der Waals surface area contributed by atoms with Gasteiger partial charge in [-0.15, -0.1) is 6.42 Å². The second-order valence-corrected chi connectivity index (χ2v) is 8.23. The molecule has 0 bridgehead atoms. The highest BCUT2D eigenvalue weighted by Crippen LogP contribution is 2.66. The lowest BCUT2D eigenvalue weighted by Gasteiger charge is -2.39. The van der Waals surface area contributed by atoms with E-state index in [0.29, 0.717) is 34.7 Å². The van der Waals surface area contributed by atoms with Gasteiger partial charge in [-0.1, -0.05) is 25.0 Å². The highest BCUT2D eigenvalue weighted by Gasteiger charge is 2.72. The van der Waals surface area contributed by atoms with Crippen LogP contribution >= 0.6 is 0 Å². The second-order valence-electron chi connectivity index (χ2n) is 8.23. The maximum Gasteiger partial charge on any atom is 0.256 e. The second kappa shape index (κ2) is 6.84. The van der Waals surface area contributed by atoms with Gasteiger partial charge in [0, 0.05) is 17.8 Å². The minimum atomic E-state index is -1.74. The first-order valence-electron chi connectivity index (χ1n) is 10.4. The molecule has 3 heterocycles. The van der Waals surface area contributed by atoms with Gasteiger partial charge in [0.25, 0.3) is 5.56 Å². The zero-order valence-electron chi connectivity index (χ0n) is 17.8. The summed E-state index contributed by atoms with van der Waals surface area (Å²) in [5, 5.41) is 15.4. The molecule has 0 spiro atoms. The summed E-state index contributed by atoms with van der Waals surface area (Å²) >= 11 is 0. The van der Waals surface area contributed by atoms with Crippen molar-refractivity contribution in [3.8, 4) is 18.2 Å². The molecule has 0 unspecified atom stereocenters. The number of ether oxygens (including phenoxy) is 1. The fourth-order valence-corrected chi connectivity index (χ4v) is 5.14. The molecule has 162 valence electrons. The van der Waals surface area contributed by atoms with E-state index in [1.165, 1.54) is 0 Å². The van der Waals surface area contributed by atoms with Crippen LogP contribution in [0.5, 0.6) is 5.88 Å². The maximum absolute atomic E-state index is 13.3. The Bertz CT molecular complexity index is 1330. The number of aliphatic hydroxyl groups is 1. The number of hydrogen-bond donors (Lipinski definition) is 4. The van der Waals surface area contributed by atoms with Crippen LogP contribution in [0.3, 0.4) is 0 Å². The molecule has 3 aromatic rings. The van der Waals surface area contributed by atoms with Crippen LogP contribution in [0.1, 0.15) is 47.2 Å². The fourth-order valence-electron chi connectivity index (χ4n) is 5.14. The molecule has 8 nitrogen and oxygen atoms in total. The van der Waals surface area contributed by atoms with E-state index in [9.17, 15) is 9.90 Å². The number of pyridine rings is 1. The molecule has 1 aromatic carbocycles. The van der Waals surface area contributed by atoms with Gasteiger partial charge in [-0.05, 0) is 42.7 Å². The van der Waals surface area contributed by atoms with Crippen LogP contribution in [0.15, 0.2) is 41.3 Å². The zero-order valence-corrected chi connectivity index (χ0v) is 17.8. The Morgan fingerprint density at radius 2 is 2.12 bits per heavy atom. The number of aromatic nitrogens is 3. The first-order chi connectivity index (χ1) is 15.4. The number of terminal acetylenes is 1. The summed E-state index contributed by atoms with van der Waals surface area (Å²) < 4.78 is 6.52. The summed E-state index contributed by atoms with van der Waals surface area (Å²) in [5.74, 6) is 2.48. The van der Waals surface area contributed by atoms with Gasteiger partial charge in [0.2, 0.25) is 11.8 Å². The molecule has 0 amide bonds. The van der Waals surface area contributed by atoms with Crippen molar-refractivity contribution in [1.82, 2.24) is 15.0 Å². The number of H-pyrrole nitrogens is 1. The summed E-state index contributed by atoms with van der Waals surface area (Å²) in [6.45, 7) is 4.01. The fraction of sp³-hybridized carbons (Fsp3) is 0.292. The molecule has 0 saturated carbocycles. The van der Waals surface area contributed by atoms with Crippen LogP contribution in [0, 0.1) is 19.3 Å².